The van der Waals surface area contributed by atoms with E-state index in [-0.39, 0.29) is 12.2 Å². The first-order chi connectivity index (χ1) is 9.71. The van der Waals surface area contributed by atoms with Gasteiger partial charge in [-0.2, -0.15) is 0 Å². The minimum Gasteiger partial charge on any atom is -0.444 e. The topological polar surface area (TPSA) is 49.8 Å². The molecule has 1 saturated carbocycles. The Kier molecular flexibility index (Phi) is 4.86. The number of carbonyl (C=O) groups excluding carboxylic acids is 1. The van der Waals surface area contributed by atoms with Crippen molar-refractivity contribution in [3.05, 3.63) is 0 Å². The molecule has 0 aromatic heterocycles. The van der Waals surface area contributed by atoms with Crippen molar-refractivity contribution in [3.63, 3.8) is 0 Å². The molecule has 0 aromatic carbocycles. The molecule has 1 atom stereocenters. The van der Waals surface area contributed by atoms with E-state index < -0.39 is 5.60 Å². The lowest BCUT2D eigenvalue weighted by Crippen LogP contribution is -2.46. The maximum atomic E-state index is 12.1. The molecule has 0 unspecified atom stereocenters. The summed E-state index contributed by atoms with van der Waals surface area (Å²) >= 11 is 0. The number of amides is 1. The second-order valence-corrected chi connectivity index (χ2v) is 8.05. The Bertz CT molecular complexity index is 355. The fourth-order valence-corrected chi connectivity index (χ4v) is 3.73. The zero-order valence-electron chi connectivity index (χ0n) is 14.0. The number of likely N-dealkylation sites (tertiary alicyclic amines) is 1. The highest BCUT2D eigenvalue weighted by Gasteiger charge is 2.40. The van der Waals surface area contributed by atoms with E-state index in [0.717, 1.165) is 38.8 Å². The SMILES string of the molecule is C[C@H](O)C1CCC2(CC1)CCN(C(=O)OC(C)(C)C)CC2. The monoisotopic (exact) mass is 297 g/mol. The highest BCUT2D eigenvalue weighted by molar-refractivity contribution is 5.68. The lowest BCUT2D eigenvalue weighted by molar-refractivity contribution is -0.00619. The van der Waals surface area contributed by atoms with E-state index in [9.17, 15) is 9.90 Å². The van der Waals surface area contributed by atoms with Crippen molar-refractivity contribution in [2.45, 2.75) is 77.9 Å². The molecule has 21 heavy (non-hydrogen) atoms. The third-order valence-electron chi connectivity index (χ3n) is 5.25. The Morgan fingerprint density at radius 2 is 1.71 bits per heavy atom. The summed E-state index contributed by atoms with van der Waals surface area (Å²) in [5.41, 5.74) is -0.00849. The summed E-state index contributed by atoms with van der Waals surface area (Å²) in [5, 5.41) is 9.72. The minimum atomic E-state index is -0.415. The quantitative estimate of drug-likeness (QED) is 0.805. The number of ether oxygens (including phenoxy) is 1. The molecule has 0 bridgehead atoms. The van der Waals surface area contributed by atoms with Crippen LogP contribution in [0.1, 0.15) is 66.2 Å². The molecule has 2 rings (SSSR count). The third kappa shape index (κ3) is 4.35. The summed E-state index contributed by atoms with van der Waals surface area (Å²) in [7, 11) is 0. The van der Waals surface area contributed by atoms with Crippen LogP contribution < -0.4 is 0 Å². The molecule has 1 saturated heterocycles. The minimum absolute atomic E-state index is 0.171. The van der Waals surface area contributed by atoms with Gasteiger partial charge in [-0.25, -0.2) is 4.79 Å². The van der Waals surface area contributed by atoms with Crippen LogP contribution in [0.2, 0.25) is 0 Å². The van der Waals surface area contributed by atoms with E-state index in [1.54, 1.807) is 0 Å². The van der Waals surface area contributed by atoms with E-state index in [4.69, 9.17) is 4.74 Å². The number of nitrogens with zero attached hydrogens (tertiary/aromatic N) is 1. The average Bonchev–Trinajstić information content (AvgIpc) is 2.38. The normalized spacial score (nSPS) is 24.9. The number of carbonyl (C=O) groups is 1. The fourth-order valence-electron chi connectivity index (χ4n) is 3.73. The number of piperidine rings is 1. The Balaban J connectivity index is 1.82. The van der Waals surface area contributed by atoms with E-state index >= 15 is 0 Å². The summed E-state index contributed by atoms with van der Waals surface area (Å²) < 4.78 is 5.46. The number of aliphatic hydroxyl groups excluding tert-OH is 1. The van der Waals surface area contributed by atoms with Gasteiger partial charge in [-0.1, -0.05) is 0 Å². The Morgan fingerprint density at radius 1 is 1.19 bits per heavy atom. The van der Waals surface area contributed by atoms with Gasteiger partial charge in [0.15, 0.2) is 0 Å². The van der Waals surface area contributed by atoms with Gasteiger partial charge >= 0.3 is 6.09 Å². The van der Waals surface area contributed by atoms with Crippen LogP contribution in [0.25, 0.3) is 0 Å². The van der Waals surface area contributed by atoms with Crippen molar-refractivity contribution in [1.82, 2.24) is 4.90 Å². The van der Waals surface area contributed by atoms with Crippen LogP contribution >= 0.6 is 0 Å². The maximum absolute atomic E-state index is 12.1. The van der Waals surface area contributed by atoms with Crippen LogP contribution in [-0.4, -0.2) is 40.9 Å². The van der Waals surface area contributed by atoms with Gasteiger partial charge in [0.25, 0.3) is 0 Å². The third-order valence-corrected chi connectivity index (χ3v) is 5.25. The van der Waals surface area contributed by atoms with E-state index in [2.05, 4.69) is 0 Å². The number of hydrogen-bond acceptors (Lipinski definition) is 3. The van der Waals surface area contributed by atoms with Crippen LogP contribution in [0.15, 0.2) is 0 Å². The summed E-state index contributed by atoms with van der Waals surface area (Å²) in [6.07, 6.45) is 6.47. The van der Waals surface area contributed by atoms with Gasteiger partial charge in [-0.15, -0.1) is 0 Å². The van der Waals surface area contributed by atoms with E-state index in [0.29, 0.717) is 11.3 Å². The van der Waals surface area contributed by atoms with Crippen LogP contribution in [0, 0.1) is 11.3 Å². The van der Waals surface area contributed by atoms with Crippen molar-refractivity contribution in [2.24, 2.45) is 11.3 Å². The maximum Gasteiger partial charge on any atom is 0.410 e. The summed E-state index contributed by atoms with van der Waals surface area (Å²) in [4.78, 5) is 14.0. The highest BCUT2D eigenvalue weighted by Crippen LogP contribution is 2.47. The van der Waals surface area contributed by atoms with E-state index in [1.807, 2.05) is 32.6 Å². The first-order valence-electron chi connectivity index (χ1n) is 8.37. The van der Waals surface area contributed by atoms with Gasteiger partial charge in [0, 0.05) is 13.1 Å². The highest BCUT2D eigenvalue weighted by atomic mass is 16.6. The predicted molar refractivity (Wildman–Crippen MR) is 83.1 cm³/mol. The van der Waals surface area contributed by atoms with Crippen LogP contribution in [-0.2, 0) is 4.74 Å². The van der Waals surface area contributed by atoms with Crippen LogP contribution in [0.5, 0.6) is 0 Å². The van der Waals surface area contributed by atoms with Crippen molar-refractivity contribution in [1.29, 1.82) is 0 Å². The Morgan fingerprint density at radius 3 is 2.14 bits per heavy atom. The second-order valence-electron chi connectivity index (χ2n) is 8.05. The summed E-state index contributed by atoms with van der Waals surface area (Å²) in [6, 6.07) is 0. The van der Waals surface area contributed by atoms with Gasteiger partial charge in [0.05, 0.1) is 6.10 Å². The molecule has 1 aliphatic heterocycles. The molecule has 1 heterocycles. The number of rotatable bonds is 1. The first kappa shape index (κ1) is 16.6. The lowest BCUT2D eigenvalue weighted by atomic mass is 9.65. The molecule has 122 valence electrons. The molecular formula is C17H31NO3. The molecule has 1 spiro atoms. The number of hydrogen-bond donors (Lipinski definition) is 1. The Labute approximate surface area is 128 Å². The molecular weight excluding hydrogens is 266 g/mol. The van der Waals surface area contributed by atoms with Crippen LogP contribution in [0.4, 0.5) is 4.79 Å². The number of aliphatic hydroxyl groups is 1. The van der Waals surface area contributed by atoms with Gasteiger partial charge in [0.1, 0.15) is 5.60 Å². The fraction of sp³-hybridized carbons (Fsp3) is 0.941. The van der Waals surface area contributed by atoms with E-state index in [1.165, 1.54) is 12.8 Å². The van der Waals surface area contributed by atoms with Crippen molar-refractivity contribution < 1.29 is 14.6 Å². The predicted octanol–water partition coefficient (Wildman–Crippen LogP) is 3.57. The zero-order valence-corrected chi connectivity index (χ0v) is 14.0. The molecule has 2 fully saturated rings. The summed E-state index contributed by atoms with van der Waals surface area (Å²) in [6.45, 7) is 9.27. The molecule has 4 nitrogen and oxygen atoms in total. The molecule has 1 N–H and O–H groups in total. The molecule has 0 radical (unpaired) electrons. The summed E-state index contributed by atoms with van der Waals surface area (Å²) in [5.74, 6) is 0.472. The molecule has 0 aromatic rings. The largest absolute Gasteiger partial charge is 0.444 e. The van der Waals surface area contributed by atoms with Gasteiger partial charge in [-0.05, 0) is 77.6 Å². The molecule has 1 amide bonds. The molecule has 2 aliphatic rings. The molecule has 4 heteroatoms. The second kappa shape index (κ2) is 6.15. The van der Waals surface area contributed by atoms with Crippen molar-refractivity contribution in [3.8, 4) is 0 Å². The van der Waals surface area contributed by atoms with Gasteiger partial charge in [-0.3, -0.25) is 0 Å². The van der Waals surface area contributed by atoms with Crippen molar-refractivity contribution in [2.75, 3.05) is 13.1 Å². The Hall–Kier alpha value is -0.770. The van der Waals surface area contributed by atoms with Crippen molar-refractivity contribution >= 4 is 6.09 Å². The first-order valence-corrected chi connectivity index (χ1v) is 8.37. The van der Waals surface area contributed by atoms with Crippen LogP contribution in [0.3, 0.4) is 0 Å². The lowest BCUT2D eigenvalue weighted by Gasteiger charge is -2.46. The smallest absolute Gasteiger partial charge is 0.410 e. The zero-order chi connectivity index (χ0) is 15.7. The average molecular weight is 297 g/mol. The molecule has 1 aliphatic carbocycles. The standard InChI is InChI=1S/C17H31NO3/c1-13(19)14-5-7-17(8-6-14)9-11-18(12-10-17)15(20)21-16(2,3)4/h13-14,19H,5-12H2,1-4H3/t13-/m0/s1. The van der Waals surface area contributed by atoms with Gasteiger partial charge in [0.2, 0.25) is 0 Å². The van der Waals surface area contributed by atoms with Gasteiger partial charge < -0.3 is 14.7 Å².